The van der Waals surface area contributed by atoms with Crippen LogP contribution in [0.4, 0.5) is 10.2 Å². The van der Waals surface area contributed by atoms with Gasteiger partial charge in [-0.3, -0.25) is 0 Å². The van der Waals surface area contributed by atoms with E-state index in [0.29, 0.717) is 22.1 Å². The fraction of sp³-hybridized carbons (Fsp3) is 0.400. The zero-order chi connectivity index (χ0) is 14.7. The van der Waals surface area contributed by atoms with Gasteiger partial charge in [0.05, 0.1) is 0 Å². The second kappa shape index (κ2) is 6.27. The summed E-state index contributed by atoms with van der Waals surface area (Å²) in [4.78, 5) is 4.58. The zero-order valence-corrected chi connectivity index (χ0v) is 12.5. The number of halogens is 2. The zero-order valence-electron chi connectivity index (χ0n) is 11.8. The number of benzene rings is 1. The Balaban J connectivity index is 2.53. The van der Waals surface area contributed by atoms with Crippen LogP contribution in [0.15, 0.2) is 18.2 Å². The smallest absolute Gasteiger partial charge is 0.131 e. The maximum atomic E-state index is 13.5. The molecule has 0 saturated carbocycles. The van der Waals surface area contributed by atoms with E-state index in [9.17, 15) is 4.39 Å². The number of hydrogen-bond donors (Lipinski definition) is 1. The highest BCUT2D eigenvalue weighted by atomic mass is 35.5. The van der Waals surface area contributed by atoms with Crippen LogP contribution in [0.2, 0.25) is 5.02 Å². The lowest BCUT2D eigenvalue weighted by Gasteiger charge is -2.07. The molecule has 1 aromatic heterocycles. The number of aromatic nitrogens is 2. The molecule has 0 aliphatic heterocycles. The molecule has 2 rings (SSSR count). The standard InChI is InChI=1S/C15H19ClFN3/c1-3-5-13-19-14(15(18)20(13)6-4-2)10-7-11(16)9-12(17)8-10/h7-9H,3-6,18H2,1-2H3. The van der Waals surface area contributed by atoms with Crippen LogP contribution < -0.4 is 5.73 Å². The molecule has 3 nitrogen and oxygen atoms in total. The number of imidazole rings is 1. The van der Waals surface area contributed by atoms with E-state index in [2.05, 4.69) is 18.8 Å². The van der Waals surface area contributed by atoms with Gasteiger partial charge in [0.25, 0.3) is 0 Å². The second-order valence-electron chi connectivity index (χ2n) is 4.82. The van der Waals surface area contributed by atoms with Crippen LogP contribution in [-0.2, 0) is 13.0 Å². The van der Waals surface area contributed by atoms with E-state index < -0.39 is 0 Å². The molecule has 0 spiro atoms. The van der Waals surface area contributed by atoms with Crippen molar-refractivity contribution in [1.29, 1.82) is 0 Å². The molecule has 0 amide bonds. The van der Waals surface area contributed by atoms with E-state index in [-0.39, 0.29) is 5.82 Å². The van der Waals surface area contributed by atoms with Gasteiger partial charge in [0.15, 0.2) is 0 Å². The van der Waals surface area contributed by atoms with Crippen LogP contribution in [0, 0.1) is 5.82 Å². The van der Waals surface area contributed by atoms with E-state index in [1.54, 1.807) is 6.07 Å². The highest BCUT2D eigenvalue weighted by molar-refractivity contribution is 6.30. The van der Waals surface area contributed by atoms with E-state index in [0.717, 1.165) is 31.6 Å². The summed E-state index contributed by atoms with van der Waals surface area (Å²) in [6, 6.07) is 4.38. The van der Waals surface area contributed by atoms with Gasteiger partial charge in [-0.2, -0.15) is 0 Å². The lowest BCUT2D eigenvalue weighted by molar-refractivity contribution is 0.628. The van der Waals surface area contributed by atoms with Gasteiger partial charge < -0.3 is 10.3 Å². The molecule has 108 valence electrons. The van der Waals surface area contributed by atoms with Crippen LogP contribution in [0.5, 0.6) is 0 Å². The lowest BCUT2D eigenvalue weighted by atomic mass is 10.1. The van der Waals surface area contributed by atoms with Crippen molar-refractivity contribution in [3.05, 3.63) is 34.9 Å². The average Bonchev–Trinajstić information content (AvgIpc) is 2.67. The van der Waals surface area contributed by atoms with Gasteiger partial charge in [0, 0.05) is 23.6 Å². The maximum absolute atomic E-state index is 13.5. The fourth-order valence-corrected chi connectivity index (χ4v) is 2.53. The van der Waals surface area contributed by atoms with Crippen molar-refractivity contribution < 1.29 is 4.39 Å². The number of rotatable bonds is 5. The third-order valence-electron chi connectivity index (χ3n) is 3.14. The van der Waals surface area contributed by atoms with Crippen molar-refractivity contribution in [3.63, 3.8) is 0 Å². The summed E-state index contributed by atoms with van der Waals surface area (Å²) >= 11 is 5.91. The highest BCUT2D eigenvalue weighted by Crippen LogP contribution is 2.29. The molecular weight excluding hydrogens is 277 g/mol. The number of nitrogens with two attached hydrogens (primary N) is 1. The van der Waals surface area contributed by atoms with E-state index in [1.807, 2.05) is 4.57 Å². The number of nitrogens with zero attached hydrogens (tertiary/aromatic N) is 2. The van der Waals surface area contributed by atoms with Crippen LogP contribution in [-0.4, -0.2) is 9.55 Å². The quantitative estimate of drug-likeness (QED) is 0.894. The molecular formula is C15H19ClFN3. The predicted octanol–water partition coefficient (Wildman–Crippen LogP) is 4.29. The van der Waals surface area contributed by atoms with Crippen molar-refractivity contribution in [2.75, 3.05) is 5.73 Å². The summed E-state index contributed by atoms with van der Waals surface area (Å²) in [5, 5.41) is 0.349. The summed E-state index contributed by atoms with van der Waals surface area (Å²) in [6.45, 7) is 5.00. The molecule has 5 heteroatoms. The number of nitrogen functional groups attached to an aromatic ring is 1. The van der Waals surface area contributed by atoms with Crippen LogP contribution in [0.1, 0.15) is 32.5 Å². The Hall–Kier alpha value is -1.55. The van der Waals surface area contributed by atoms with Gasteiger partial charge in [-0.25, -0.2) is 9.37 Å². The summed E-state index contributed by atoms with van der Waals surface area (Å²) in [5.41, 5.74) is 7.43. The molecule has 0 unspecified atom stereocenters. The Kier molecular flexibility index (Phi) is 4.65. The Morgan fingerprint density at radius 3 is 2.60 bits per heavy atom. The molecule has 20 heavy (non-hydrogen) atoms. The summed E-state index contributed by atoms with van der Waals surface area (Å²) in [7, 11) is 0. The van der Waals surface area contributed by atoms with Gasteiger partial charge in [-0.1, -0.05) is 25.4 Å². The van der Waals surface area contributed by atoms with E-state index >= 15 is 0 Å². The lowest BCUT2D eigenvalue weighted by Crippen LogP contribution is -2.06. The van der Waals surface area contributed by atoms with Crippen molar-refractivity contribution in [3.8, 4) is 11.3 Å². The van der Waals surface area contributed by atoms with Crippen molar-refractivity contribution in [2.45, 2.75) is 39.7 Å². The number of aryl methyl sites for hydroxylation is 1. The van der Waals surface area contributed by atoms with Crippen molar-refractivity contribution in [1.82, 2.24) is 9.55 Å². The molecule has 2 N–H and O–H groups in total. The third-order valence-corrected chi connectivity index (χ3v) is 3.36. The van der Waals surface area contributed by atoms with Crippen LogP contribution >= 0.6 is 11.6 Å². The first-order valence-corrected chi connectivity index (χ1v) is 7.26. The first-order chi connectivity index (χ1) is 9.56. The Labute approximate surface area is 123 Å². The minimum absolute atomic E-state index is 0.349. The number of hydrogen-bond acceptors (Lipinski definition) is 2. The molecule has 1 heterocycles. The van der Waals surface area contributed by atoms with Crippen LogP contribution in [0.25, 0.3) is 11.3 Å². The molecule has 0 aliphatic rings. The largest absolute Gasteiger partial charge is 0.383 e. The summed E-state index contributed by atoms with van der Waals surface area (Å²) in [5.74, 6) is 1.15. The first-order valence-electron chi connectivity index (χ1n) is 6.88. The molecule has 2 aromatic rings. The fourth-order valence-electron chi connectivity index (χ4n) is 2.30. The monoisotopic (exact) mass is 295 g/mol. The average molecular weight is 296 g/mol. The topological polar surface area (TPSA) is 43.8 Å². The second-order valence-corrected chi connectivity index (χ2v) is 5.26. The van der Waals surface area contributed by atoms with E-state index in [4.69, 9.17) is 17.3 Å². The highest BCUT2D eigenvalue weighted by Gasteiger charge is 2.16. The number of anilines is 1. The van der Waals surface area contributed by atoms with Gasteiger partial charge in [0.2, 0.25) is 0 Å². The van der Waals surface area contributed by atoms with Crippen molar-refractivity contribution >= 4 is 17.4 Å². The van der Waals surface area contributed by atoms with Gasteiger partial charge in [-0.15, -0.1) is 0 Å². The van der Waals surface area contributed by atoms with Gasteiger partial charge in [-0.05, 0) is 31.0 Å². The van der Waals surface area contributed by atoms with Crippen molar-refractivity contribution in [2.24, 2.45) is 0 Å². The summed E-state index contributed by atoms with van der Waals surface area (Å²) in [6.07, 6.45) is 2.82. The van der Waals surface area contributed by atoms with Crippen LogP contribution in [0.3, 0.4) is 0 Å². The molecule has 0 bridgehead atoms. The molecule has 0 fully saturated rings. The van der Waals surface area contributed by atoms with E-state index in [1.165, 1.54) is 12.1 Å². The molecule has 0 aliphatic carbocycles. The predicted molar refractivity (Wildman–Crippen MR) is 81.3 cm³/mol. The molecule has 1 aromatic carbocycles. The Morgan fingerprint density at radius 2 is 2.00 bits per heavy atom. The third kappa shape index (κ3) is 2.96. The molecule has 0 radical (unpaired) electrons. The minimum Gasteiger partial charge on any atom is -0.383 e. The first kappa shape index (κ1) is 14.9. The Morgan fingerprint density at radius 1 is 1.25 bits per heavy atom. The SMILES string of the molecule is CCCc1nc(-c2cc(F)cc(Cl)c2)c(N)n1CCC. The minimum atomic E-state index is -0.381. The Bertz CT molecular complexity index is 587. The van der Waals surface area contributed by atoms with Gasteiger partial charge >= 0.3 is 0 Å². The normalized spacial score (nSPS) is 11.0. The summed E-state index contributed by atoms with van der Waals surface area (Å²) < 4.78 is 15.5. The maximum Gasteiger partial charge on any atom is 0.131 e. The molecule has 0 saturated heterocycles. The molecule has 0 atom stereocenters. The van der Waals surface area contributed by atoms with Gasteiger partial charge in [0.1, 0.15) is 23.2 Å².